The van der Waals surface area contributed by atoms with Crippen LogP contribution in [0, 0.1) is 5.92 Å². The predicted molar refractivity (Wildman–Crippen MR) is 106 cm³/mol. The molecular formula is C22H25N3O3. The summed E-state index contributed by atoms with van der Waals surface area (Å²) in [6.45, 7) is 2.43. The molecule has 1 fully saturated rings. The van der Waals surface area contributed by atoms with Gasteiger partial charge in [-0.1, -0.05) is 42.5 Å². The summed E-state index contributed by atoms with van der Waals surface area (Å²) >= 11 is 0. The van der Waals surface area contributed by atoms with Crippen molar-refractivity contribution >= 4 is 11.9 Å². The molecule has 1 saturated heterocycles. The van der Waals surface area contributed by atoms with Crippen molar-refractivity contribution in [2.75, 3.05) is 19.8 Å². The number of nitrogens with zero attached hydrogens (tertiary/aromatic N) is 1. The van der Waals surface area contributed by atoms with Crippen LogP contribution in [0.1, 0.15) is 39.5 Å². The second-order valence-corrected chi connectivity index (χ2v) is 7.44. The number of urea groups is 1. The van der Waals surface area contributed by atoms with Crippen LogP contribution < -0.4 is 11.1 Å². The van der Waals surface area contributed by atoms with Crippen LogP contribution in [-0.2, 0) is 17.7 Å². The molecule has 0 spiro atoms. The van der Waals surface area contributed by atoms with Gasteiger partial charge in [0.2, 0.25) is 5.91 Å². The molecule has 2 aliphatic rings. The zero-order valence-electron chi connectivity index (χ0n) is 15.8. The number of benzene rings is 2. The lowest BCUT2D eigenvalue weighted by Crippen LogP contribution is -2.46. The highest BCUT2D eigenvalue weighted by Crippen LogP contribution is 2.30. The minimum absolute atomic E-state index is 0.0745. The number of ether oxygens (including phenoxy) is 1. The molecule has 0 radical (unpaired) electrons. The Morgan fingerprint density at radius 1 is 1.14 bits per heavy atom. The summed E-state index contributed by atoms with van der Waals surface area (Å²) in [7, 11) is 0. The molecule has 2 unspecified atom stereocenters. The summed E-state index contributed by atoms with van der Waals surface area (Å²) in [6, 6.07) is 15.4. The molecule has 2 aliphatic heterocycles. The zero-order chi connectivity index (χ0) is 19.5. The van der Waals surface area contributed by atoms with Crippen LogP contribution in [0.5, 0.6) is 0 Å². The molecule has 4 rings (SSSR count). The van der Waals surface area contributed by atoms with E-state index in [1.165, 1.54) is 0 Å². The maximum absolute atomic E-state index is 13.0. The highest BCUT2D eigenvalue weighted by Gasteiger charge is 2.31. The number of fused-ring (bicyclic) bond motifs is 1. The van der Waals surface area contributed by atoms with E-state index < -0.39 is 5.91 Å². The summed E-state index contributed by atoms with van der Waals surface area (Å²) in [4.78, 5) is 26.5. The first-order chi connectivity index (χ1) is 13.6. The standard InChI is InChI=1S/C22H25N3O3/c23-21(26)19-8-4-7-16-13-25(11-9-18(16)19)22(27)24-20(17-10-12-28-14-17)15-5-2-1-3-6-15/h1-8,17,20H,9-14H2,(H2,23,26)(H,24,27). The van der Waals surface area contributed by atoms with E-state index in [1.807, 2.05) is 42.5 Å². The summed E-state index contributed by atoms with van der Waals surface area (Å²) in [5.41, 5.74) is 9.09. The maximum atomic E-state index is 13.0. The van der Waals surface area contributed by atoms with Gasteiger partial charge in [-0.2, -0.15) is 0 Å². The van der Waals surface area contributed by atoms with Crippen molar-refractivity contribution in [2.45, 2.75) is 25.4 Å². The molecule has 2 aromatic rings. The SMILES string of the molecule is NC(=O)c1cccc2c1CCN(C(=O)NC(c1ccccc1)C1CCOC1)C2. The second-order valence-electron chi connectivity index (χ2n) is 7.44. The predicted octanol–water partition coefficient (Wildman–Crippen LogP) is 2.63. The van der Waals surface area contributed by atoms with Gasteiger partial charge in [-0.15, -0.1) is 0 Å². The average Bonchev–Trinajstić information content (AvgIpc) is 3.26. The van der Waals surface area contributed by atoms with Crippen LogP contribution in [-0.4, -0.2) is 36.6 Å². The van der Waals surface area contributed by atoms with Crippen molar-refractivity contribution in [3.8, 4) is 0 Å². The van der Waals surface area contributed by atoms with Crippen molar-refractivity contribution in [1.82, 2.24) is 10.2 Å². The number of rotatable bonds is 4. The average molecular weight is 379 g/mol. The third kappa shape index (κ3) is 3.73. The molecule has 3 N–H and O–H groups in total. The molecule has 0 bridgehead atoms. The molecule has 2 atom stereocenters. The van der Waals surface area contributed by atoms with E-state index in [9.17, 15) is 9.59 Å². The van der Waals surface area contributed by atoms with Gasteiger partial charge in [0.1, 0.15) is 0 Å². The fraction of sp³-hybridized carbons (Fsp3) is 0.364. The summed E-state index contributed by atoms with van der Waals surface area (Å²) in [5.74, 6) is -0.148. The van der Waals surface area contributed by atoms with E-state index in [1.54, 1.807) is 11.0 Å². The van der Waals surface area contributed by atoms with Crippen LogP contribution in [0.3, 0.4) is 0 Å². The Balaban J connectivity index is 1.51. The highest BCUT2D eigenvalue weighted by atomic mass is 16.5. The molecular weight excluding hydrogens is 354 g/mol. The van der Waals surface area contributed by atoms with Gasteiger partial charge >= 0.3 is 6.03 Å². The lowest BCUT2D eigenvalue weighted by Gasteiger charge is -2.33. The Morgan fingerprint density at radius 3 is 2.68 bits per heavy atom. The Kier molecular flexibility index (Phi) is 5.30. The lowest BCUT2D eigenvalue weighted by atomic mass is 9.92. The monoisotopic (exact) mass is 379 g/mol. The van der Waals surface area contributed by atoms with E-state index >= 15 is 0 Å². The molecule has 0 aliphatic carbocycles. The lowest BCUT2D eigenvalue weighted by molar-refractivity contribution is 0.0998. The first-order valence-corrected chi connectivity index (χ1v) is 9.72. The van der Waals surface area contributed by atoms with Gasteiger partial charge in [-0.3, -0.25) is 4.79 Å². The maximum Gasteiger partial charge on any atom is 0.318 e. The summed E-state index contributed by atoms with van der Waals surface area (Å²) < 4.78 is 5.56. The Labute approximate surface area is 164 Å². The fourth-order valence-corrected chi connectivity index (χ4v) is 4.19. The van der Waals surface area contributed by atoms with Crippen molar-refractivity contribution in [1.29, 1.82) is 0 Å². The van der Waals surface area contributed by atoms with Crippen molar-refractivity contribution in [3.63, 3.8) is 0 Å². The van der Waals surface area contributed by atoms with Crippen LogP contribution in [0.25, 0.3) is 0 Å². The number of nitrogens with two attached hydrogens (primary N) is 1. The van der Waals surface area contributed by atoms with Gasteiger partial charge in [0.25, 0.3) is 0 Å². The molecule has 6 nitrogen and oxygen atoms in total. The molecule has 6 heteroatoms. The number of nitrogens with one attached hydrogen (secondary N) is 1. The largest absolute Gasteiger partial charge is 0.381 e. The molecule has 146 valence electrons. The quantitative estimate of drug-likeness (QED) is 0.856. The van der Waals surface area contributed by atoms with E-state index in [-0.39, 0.29) is 18.0 Å². The number of hydrogen-bond donors (Lipinski definition) is 2. The molecule has 0 aromatic heterocycles. The van der Waals surface area contributed by atoms with E-state index in [4.69, 9.17) is 10.5 Å². The molecule has 28 heavy (non-hydrogen) atoms. The molecule has 2 heterocycles. The minimum atomic E-state index is -0.417. The zero-order valence-corrected chi connectivity index (χ0v) is 15.8. The fourth-order valence-electron chi connectivity index (χ4n) is 4.19. The van der Waals surface area contributed by atoms with Gasteiger partial charge < -0.3 is 20.7 Å². The Hall–Kier alpha value is -2.86. The highest BCUT2D eigenvalue weighted by molar-refractivity contribution is 5.94. The number of hydrogen-bond acceptors (Lipinski definition) is 3. The van der Waals surface area contributed by atoms with Crippen molar-refractivity contribution < 1.29 is 14.3 Å². The topological polar surface area (TPSA) is 84.7 Å². The van der Waals surface area contributed by atoms with Gasteiger partial charge in [0, 0.05) is 31.2 Å². The van der Waals surface area contributed by atoms with Crippen molar-refractivity contribution in [3.05, 3.63) is 70.8 Å². The van der Waals surface area contributed by atoms with Gasteiger partial charge in [0.15, 0.2) is 0 Å². The van der Waals surface area contributed by atoms with Gasteiger partial charge in [-0.05, 0) is 35.6 Å². The Morgan fingerprint density at radius 2 is 1.96 bits per heavy atom. The van der Waals surface area contributed by atoms with Crippen LogP contribution in [0.15, 0.2) is 48.5 Å². The minimum Gasteiger partial charge on any atom is -0.381 e. The van der Waals surface area contributed by atoms with Gasteiger partial charge in [0.05, 0.1) is 12.6 Å². The summed E-state index contributed by atoms with van der Waals surface area (Å²) in [5, 5.41) is 3.23. The first kappa shape index (κ1) is 18.5. The van der Waals surface area contributed by atoms with E-state index in [0.29, 0.717) is 31.7 Å². The number of amides is 3. The molecule has 0 saturated carbocycles. The smallest absolute Gasteiger partial charge is 0.318 e. The number of carbonyl (C=O) groups is 2. The van der Waals surface area contributed by atoms with Crippen LogP contribution in [0.2, 0.25) is 0 Å². The second kappa shape index (κ2) is 8.02. The van der Waals surface area contributed by atoms with Crippen molar-refractivity contribution in [2.24, 2.45) is 11.7 Å². The normalized spacial score (nSPS) is 19.7. The number of primary amides is 1. The van der Waals surface area contributed by atoms with E-state index in [0.717, 1.165) is 29.7 Å². The molecule has 3 amide bonds. The third-order valence-electron chi connectivity index (χ3n) is 5.69. The third-order valence-corrected chi connectivity index (χ3v) is 5.69. The van der Waals surface area contributed by atoms with Crippen LogP contribution >= 0.6 is 0 Å². The molecule has 2 aromatic carbocycles. The van der Waals surface area contributed by atoms with E-state index in [2.05, 4.69) is 5.32 Å². The Bertz CT molecular complexity index is 863. The van der Waals surface area contributed by atoms with Crippen LogP contribution in [0.4, 0.5) is 4.79 Å². The summed E-state index contributed by atoms with van der Waals surface area (Å²) in [6.07, 6.45) is 1.56. The number of carbonyl (C=O) groups excluding carboxylic acids is 2. The van der Waals surface area contributed by atoms with Gasteiger partial charge in [-0.25, -0.2) is 4.79 Å². The first-order valence-electron chi connectivity index (χ1n) is 9.72.